The molecule has 0 aromatic heterocycles. The van der Waals surface area contributed by atoms with Crippen LogP contribution < -0.4 is 0 Å². The second kappa shape index (κ2) is 4.76. The second-order valence-electron chi connectivity index (χ2n) is 9.44. The van der Waals surface area contributed by atoms with Crippen LogP contribution in [0.4, 0.5) is 0 Å². The van der Waals surface area contributed by atoms with Crippen LogP contribution in [-0.2, 0) is 9.53 Å². The number of ether oxygens (including phenoxy) is 1. The molecule has 1 heterocycles. The van der Waals surface area contributed by atoms with Crippen molar-refractivity contribution in [1.29, 1.82) is 0 Å². The van der Waals surface area contributed by atoms with Crippen LogP contribution in [0.2, 0.25) is 0 Å². The molecular weight excluding hydrogens is 308 g/mol. The van der Waals surface area contributed by atoms with E-state index in [1.807, 2.05) is 6.08 Å². The summed E-state index contributed by atoms with van der Waals surface area (Å²) >= 11 is 0. The number of hydrogen-bond acceptors (Lipinski definition) is 2. The van der Waals surface area contributed by atoms with Gasteiger partial charge < -0.3 is 4.74 Å². The molecule has 2 nitrogen and oxygen atoms in total. The largest absolute Gasteiger partial charge is 0.366 e. The number of allylic oxidation sites excluding steroid dienone is 4. The molecule has 0 amide bonds. The minimum Gasteiger partial charge on any atom is -0.366 e. The summed E-state index contributed by atoms with van der Waals surface area (Å²) in [6.45, 7) is 3.23. The van der Waals surface area contributed by atoms with Crippen LogP contribution in [0.3, 0.4) is 0 Å². The van der Waals surface area contributed by atoms with Crippen molar-refractivity contribution in [3.05, 3.63) is 36.0 Å². The molecule has 132 valence electrons. The fourth-order valence-corrected chi connectivity index (χ4v) is 8.15. The Hall–Kier alpha value is -1.15. The SMILES string of the molecule is CCC12CCC3C4CCC(=O)C=C4C=CC3C1[C@@H]1C[C@@H]1C21C=CCO1. The van der Waals surface area contributed by atoms with Crippen LogP contribution in [0, 0.1) is 40.9 Å². The molecule has 5 aliphatic carbocycles. The quantitative estimate of drug-likeness (QED) is 0.660. The standard InChI is InChI=1S/C23H28O2/c1-2-22-10-8-17-16-7-5-15(24)12-14(16)4-6-18(17)21(22)19-13-20(19)23(22)9-3-11-25-23/h3-4,6,9,12,16-21H,2,5,7-8,10-11,13H2,1H3/t16?,17?,18?,19-,20+,21?,22?,23?/m1/s1. The second-order valence-corrected chi connectivity index (χ2v) is 9.44. The zero-order chi connectivity index (χ0) is 16.8. The maximum absolute atomic E-state index is 11.9. The van der Waals surface area contributed by atoms with Crippen LogP contribution >= 0.6 is 0 Å². The van der Waals surface area contributed by atoms with E-state index in [1.165, 1.54) is 31.3 Å². The predicted molar refractivity (Wildman–Crippen MR) is 96.8 cm³/mol. The summed E-state index contributed by atoms with van der Waals surface area (Å²) in [5.41, 5.74) is 1.73. The fraction of sp³-hybridized carbons (Fsp3) is 0.696. The summed E-state index contributed by atoms with van der Waals surface area (Å²) in [6, 6.07) is 0. The van der Waals surface area contributed by atoms with Crippen molar-refractivity contribution < 1.29 is 9.53 Å². The van der Waals surface area contributed by atoms with E-state index >= 15 is 0 Å². The molecule has 25 heavy (non-hydrogen) atoms. The van der Waals surface area contributed by atoms with E-state index in [0.717, 1.165) is 43.1 Å². The van der Waals surface area contributed by atoms with Gasteiger partial charge in [-0.3, -0.25) is 4.79 Å². The van der Waals surface area contributed by atoms with Gasteiger partial charge in [0, 0.05) is 11.8 Å². The smallest absolute Gasteiger partial charge is 0.155 e. The highest BCUT2D eigenvalue weighted by Gasteiger charge is 2.77. The van der Waals surface area contributed by atoms with Crippen molar-refractivity contribution in [2.45, 2.75) is 51.0 Å². The van der Waals surface area contributed by atoms with Gasteiger partial charge in [-0.05, 0) is 79.3 Å². The zero-order valence-electron chi connectivity index (χ0n) is 15.1. The first-order chi connectivity index (χ1) is 12.2. The van der Waals surface area contributed by atoms with Crippen LogP contribution in [0.25, 0.3) is 0 Å². The van der Waals surface area contributed by atoms with Gasteiger partial charge >= 0.3 is 0 Å². The third kappa shape index (κ3) is 1.64. The molecule has 1 aliphatic heterocycles. The molecule has 6 aliphatic rings. The Morgan fingerprint density at radius 3 is 3.00 bits per heavy atom. The molecule has 0 aromatic carbocycles. The van der Waals surface area contributed by atoms with Crippen molar-refractivity contribution in [1.82, 2.24) is 0 Å². The number of carbonyl (C=O) groups is 1. The Morgan fingerprint density at radius 1 is 1.28 bits per heavy atom. The summed E-state index contributed by atoms with van der Waals surface area (Å²) in [5, 5.41) is 0. The van der Waals surface area contributed by atoms with Crippen LogP contribution in [-0.4, -0.2) is 18.0 Å². The molecule has 1 spiro atoms. The van der Waals surface area contributed by atoms with Crippen molar-refractivity contribution >= 4 is 5.78 Å². The topological polar surface area (TPSA) is 26.3 Å². The maximum Gasteiger partial charge on any atom is 0.155 e. The molecule has 3 saturated carbocycles. The number of carbonyl (C=O) groups excluding carboxylic acids is 1. The summed E-state index contributed by atoms with van der Waals surface area (Å²) < 4.78 is 6.53. The van der Waals surface area contributed by atoms with E-state index in [0.29, 0.717) is 23.0 Å². The molecule has 8 atom stereocenters. The van der Waals surface area contributed by atoms with E-state index in [4.69, 9.17) is 4.74 Å². The van der Waals surface area contributed by atoms with E-state index < -0.39 is 0 Å². The minimum absolute atomic E-state index is 0.0501. The Bertz CT molecular complexity index is 730. The first-order valence-corrected chi connectivity index (χ1v) is 10.4. The predicted octanol–water partition coefficient (Wildman–Crippen LogP) is 4.48. The van der Waals surface area contributed by atoms with Crippen molar-refractivity contribution in [2.24, 2.45) is 40.9 Å². The van der Waals surface area contributed by atoms with Gasteiger partial charge in [0.25, 0.3) is 0 Å². The average Bonchev–Trinajstić information content (AvgIpc) is 3.20. The van der Waals surface area contributed by atoms with Gasteiger partial charge in [0.05, 0.1) is 12.2 Å². The van der Waals surface area contributed by atoms with Gasteiger partial charge in [0.15, 0.2) is 5.78 Å². The first-order valence-electron chi connectivity index (χ1n) is 10.4. The lowest BCUT2D eigenvalue weighted by Crippen LogP contribution is -2.55. The van der Waals surface area contributed by atoms with Crippen molar-refractivity contribution in [2.75, 3.05) is 6.61 Å². The van der Waals surface area contributed by atoms with Crippen molar-refractivity contribution in [3.8, 4) is 0 Å². The number of rotatable bonds is 1. The van der Waals surface area contributed by atoms with Gasteiger partial charge in [0.1, 0.15) is 0 Å². The number of fused-ring (bicyclic) bond motifs is 9. The third-order valence-corrected chi connectivity index (χ3v) is 9.00. The molecular formula is C23H28O2. The molecule has 0 aromatic rings. The van der Waals surface area contributed by atoms with Crippen LogP contribution in [0.1, 0.15) is 45.4 Å². The zero-order valence-corrected chi connectivity index (χ0v) is 15.1. The molecule has 6 rings (SSSR count). The summed E-state index contributed by atoms with van der Waals surface area (Å²) in [4.78, 5) is 11.9. The monoisotopic (exact) mass is 336 g/mol. The molecule has 0 N–H and O–H groups in total. The van der Waals surface area contributed by atoms with Gasteiger partial charge in [0.2, 0.25) is 0 Å². The van der Waals surface area contributed by atoms with E-state index in [9.17, 15) is 4.79 Å². The number of hydrogen-bond donors (Lipinski definition) is 0. The highest BCUT2D eigenvalue weighted by atomic mass is 16.5. The Kier molecular flexibility index (Phi) is 2.85. The lowest BCUT2D eigenvalue weighted by atomic mass is 9.49. The maximum atomic E-state index is 11.9. The lowest BCUT2D eigenvalue weighted by molar-refractivity contribution is -0.133. The molecule has 0 bridgehead atoms. The van der Waals surface area contributed by atoms with Crippen LogP contribution in [0.5, 0.6) is 0 Å². The molecule has 0 radical (unpaired) electrons. The summed E-state index contributed by atoms with van der Waals surface area (Å²) in [7, 11) is 0. The van der Waals surface area contributed by atoms with Crippen LogP contribution in [0.15, 0.2) is 36.0 Å². The highest BCUT2D eigenvalue weighted by Crippen LogP contribution is 2.78. The van der Waals surface area contributed by atoms with Gasteiger partial charge in [-0.25, -0.2) is 0 Å². The van der Waals surface area contributed by atoms with Gasteiger partial charge in [-0.2, -0.15) is 0 Å². The highest BCUT2D eigenvalue weighted by molar-refractivity contribution is 5.91. The normalized spacial score (nSPS) is 54.8. The van der Waals surface area contributed by atoms with E-state index in [2.05, 4.69) is 31.2 Å². The summed E-state index contributed by atoms with van der Waals surface area (Å²) in [5.74, 6) is 4.87. The first kappa shape index (κ1) is 15.0. The molecule has 3 fully saturated rings. The third-order valence-electron chi connectivity index (χ3n) is 9.00. The Balaban J connectivity index is 1.44. The van der Waals surface area contributed by atoms with Gasteiger partial charge in [-0.1, -0.05) is 31.2 Å². The van der Waals surface area contributed by atoms with Crippen molar-refractivity contribution in [3.63, 3.8) is 0 Å². The lowest BCUT2D eigenvalue weighted by Gasteiger charge is -2.57. The fourth-order valence-electron chi connectivity index (χ4n) is 8.15. The van der Waals surface area contributed by atoms with Gasteiger partial charge in [-0.15, -0.1) is 0 Å². The van der Waals surface area contributed by atoms with E-state index in [-0.39, 0.29) is 5.60 Å². The number of ketones is 1. The minimum atomic E-state index is 0.0501. The van der Waals surface area contributed by atoms with E-state index in [1.54, 1.807) is 0 Å². The average molecular weight is 336 g/mol. The Labute approximate surface area is 150 Å². The Morgan fingerprint density at radius 2 is 2.20 bits per heavy atom. The molecule has 0 saturated heterocycles. The summed E-state index contributed by atoms with van der Waals surface area (Å²) in [6.07, 6.45) is 18.6. The molecule has 2 heteroatoms. The molecule has 6 unspecified atom stereocenters.